The molecule has 2 heterocycles. The first-order chi connectivity index (χ1) is 9.72. The van der Waals surface area contributed by atoms with Gasteiger partial charge in [0.1, 0.15) is 0 Å². The molecule has 0 spiro atoms. The average Bonchev–Trinajstić information content (AvgIpc) is 2.98. The van der Waals surface area contributed by atoms with E-state index < -0.39 is 0 Å². The molecule has 0 N–H and O–H groups in total. The molecule has 0 bridgehead atoms. The first kappa shape index (κ1) is 15.5. The molecule has 1 aliphatic rings. The van der Waals surface area contributed by atoms with Gasteiger partial charge in [-0.15, -0.1) is 11.3 Å². The largest absolute Gasteiger partial charge is 0.342 e. The van der Waals surface area contributed by atoms with Gasteiger partial charge in [-0.2, -0.15) is 0 Å². The topological polar surface area (TPSA) is 23.6 Å². The molecule has 112 valence electrons. The summed E-state index contributed by atoms with van der Waals surface area (Å²) >= 11 is 1.68. The van der Waals surface area contributed by atoms with Crippen LogP contribution in [0.15, 0.2) is 17.5 Å². The molecule has 0 atom stereocenters. The summed E-state index contributed by atoms with van der Waals surface area (Å²) in [5.74, 6) is 1.06. The lowest BCUT2D eigenvalue weighted by atomic mass is 9.96. The summed E-state index contributed by atoms with van der Waals surface area (Å²) in [6.45, 7) is 9.79. The van der Waals surface area contributed by atoms with Crippen LogP contribution in [0, 0.1) is 5.92 Å². The first-order valence-corrected chi connectivity index (χ1v) is 8.63. The van der Waals surface area contributed by atoms with Gasteiger partial charge in [0.2, 0.25) is 5.91 Å². The van der Waals surface area contributed by atoms with Crippen molar-refractivity contribution in [1.82, 2.24) is 9.80 Å². The van der Waals surface area contributed by atoms with Gasteiger partial charge in [-0.1, -0.05) is 19.9 Å². The maximum Gasteiger partial charge on any atom is 0.227 e. The van der Waals surface area contributed by atoms with Crippen molar-refractivity contribution in [2.75, 3.05) is 32.7 Å². The molecule has 1 aromatic heterocycles. The highest BCUT2D eigenvalue weighted by molar-refractivity contribution is 7.10. The fourth-order valence-corrected chi connectivity index (χ4v) is 3.58. The molecule has 1 aromatic rings. The van der Waals surface area contributed by atoms with E-state index >= 15 is 0 Å². The molecule has 20 heavy (non-hydrogen) atoms. The Hall–Kier alpha value is -0.870. The molecule has 4 heteroatoms. The van der Waals surface area contributed by atoms with E-state index in [9.17, 15) is 4.79 Å². The molecule has 1 saturated heterocycles. The number of nitrogens with zero attached hydrogens (tertiary/aromatic N) is 2. The molecule has 0 saturated carbocycles. The van der Waals surface area contributed by atoms with Crippen molar-refractivity contribution < 1.29 is 4.79 Å². The van der Waals surface area contributed by atoms with Gasteiger partial charge in [-0.25, -0.2) is 0 Å². The second-order valence-electron chi connectivity index (χ2n) is 5.57. The van der Waals surface area contributed by atoms with Crippen LogP contribution in [0.4, 0.5) is 0 Å². The standard InChI is InChI=1S/C16H26N2OS/c1-3-17(4-2)13-14-7-9-18(10-8-14)16(19)12-15-6-5-11-20-15/h5-6,11,14H,3-4,7-10,12-13H2,1-2H3. The monoisotopic (exact) mass is 294 g/mol. The van der Waals surface area contributed by atoms with Crippen LogP contribution in [0.1, 0.15) is 31.6 Å². The fraction of sp³-hybridized carbons (Fsp3) is 0.688. The number of carbonyl (C=O) groups excluding carboxylic acids is 1. The molecule has 1 amide bonds. The van der Waals surface area contributed by atoms with E-state index in [0.717, 1.165) is 44.9 Å². The molecule has 0 aliphatic carbocycles. The molecule has 1 fully saturated rings. The molecule has 0 radical (unpaired) electrons. The Morgan fingerprint density at radius 2 is 2.05 bits per heavy atom. The van der Waals surface area contributed by atoms with Crippen molar-refractivity contribution >= 4 is 17.2 Å². The van der Waals surface area contributed by atoms with Crippen LogP contribution in [0.2, 0.25) is 0 Å². The lowest BCUT2D eigenvalue weighted by Gasteiger charge is -2.34. The zero-order valence-electron chi connectivity index (χ0n) is 12.7. The smallest absolute Gasteiger partial charge is 0.227 e. The van der Waals surface area contributed by atoms with Crippen LogP contribution in [0.5, 0.6) is 0 Å². The molecule has 3 nitrogen and oxygen atoms in total. The molecule has 1 aliphatic heterocycles. The second-order valence-corrected chi connectivity index (χ2v) is 6.60. The van der Waals surface area contributed by atoms with Gasteiger partial charge in [0.05, 0.1) is 6.42 Å². The van der Waals surface area contributed by atoms with Gasteiger partial charge in [0, 0.05) is 24.5 Å². The Labute approximate surface area is 126 Å². The highest BCUT2D eigenvalue weighted by Gasteiger charge is 2.23. The Bertz CT molecular complexity index is 393. The molecular formula is C16H26N2OS. The number of hydrogen-bond acceptors (Lipinski definition) is 3. The predicted octanol–water partition coefficient (Wildman–Crippen LogP) is 2.87. The quantitative estimate of drug-likeness (QED) is 0.805. The van der Waals surface area contributed by atoms with E-state index in [2.05, 4.69) is 29.7 Å². The third kappa shape index (κ3) is 4.32. The SMILES string of the molecule is CCN(CC)CC1CCN(C(=O)Cc2cccs2)CC1. The lowest BCUT2D eigenvalue weighted by molar-refractivity contribution is -0.131. The van der Waals surface area contributed by atoms with E-state index in [1.54, 1.807) is 11.3 Å². The highest BCUT2D eigenvalue weighted by atomic mass is 32.1. The van der Waals surface area contributed by atoms with Crippen molar-refractivity contribution in [2.45, 2.75) is 33.1 Å². The van der Waals surface area contributed by atoms with Crippen LogP contribution < -0.4 is 0 Å². The Balaban J connectivity index is 1.74. The number of thiophene rings is 1. The van der Waals surface area contributed by atoms with E-state index in [1.165, 1.54) is 11.4 Å². The van der Waals surface area contributed by atoms with Crippen LogP contribution in [-0.4, -0.2) is 48.4 Å². The average molecular weight is 294 g/mol. The maximum atomic E-state index is 12.2. The van der Waals surface area contributed by atoms with Crippen LogP contribution >= 0.6 is 11.3 Å². The first-order valence-electron chi connectivity index (χ1n) is 7.75. The summed E-state index contributed by atoms with van der Waals surface area (Å²) in [5, 5.41) is 2.04. The predicted molar refractivity (Wildman–Crippen MR) is 85.1 cm³/mol. The van der Waals surface area contributed by atoms with Crippen molar-refractivity contribution in [3.8, 4) is 0 Å². The minimum absolute atomic E-state index is 0.300. The molecular weight excluding hydrogens is 268 g/mol. The number of amides is 1. The number of likely N-dealkylation sites (tertiary alicyclic amines) is 1. The normalized spacial score (nSPS) is 16.9. The fourth-order valence-electron chi connectivity index (χ4n) is 2.89. The van der Waals surface area contributed by atoms with Crippen LogP contribution in [0.25, 0.3) is 0 Å². The van der Waals surface area contributed by atoms with E-state index in [4.69, 9.17) is 0 Å². The van der Waals surface area contributed by atoms with E-state index in [0.29, 0.717) is 12.3 Å². The molecule has 0 aromatic carbocycles. The van der Waals surface area contributed by atoms with Crippen molar-refractivity contribution in [2.24, 2.45) is 5.92 Å². The summed E-state index contributed by atoms with van der Waals surface area (Å²) in [4.78, 5) is 18.0. The van der Waals surface area contributed by atoms with Crippen molar-refractivity contribution in [3.05, 3.63) is 22.4 Å². The van der Waals surface area contributed by atoms with Gasteiger partial charge >= 0.3 is 0 Å². The summed E-state index contributed by atoms with van der Waals surface area (Å²) in [6, 6.07) is 4.07. The summed E-state index contributed by atoms with van der Waals surface area (Å²) in [5.41, 5.74) is 0. The van der Waals surface area contributed by atoms with Gasteiger partial charge in [-0.3, -0.25) is 4.79 Å². The minimum Gasteiger partial charge on any atom is -0.342 e. The van der Waals surface area contributed by atoms with E-state index in [-0.39, 0.29) is 0 Å². The zero-order valence-corrected chi connectivity index (χ0v) is 13.5. The Morgan fingerprint density at radius 1 is 1.35 bits per heavy atom. The summed E-state index contributed by atoms with van der Waals surface area (Å²) in [7, 11) is 0. The lowest BCUT2D eigenvalue weighted by Crippen LogP contribution is -2.42. The van der Waals surface area contributed by atoms with Crippen molar-refractivity contribution in [1.29, 1.82) is 0 Å². The van der Waals surface area contributed by atoms with Crippen LogP contribution in [0.3, 0.4) is 0 Å². The van der Waals surface area contributed by atoms with Gasteiger partial charge in [0.15, 0.2) is 0 Å². The molecule has 0 unspecified atom stereocenters. The van der Waals surface area contributed by atoms with Crippen LogP contribution in [-0.2, 0) is 11.2 Å². The van der Waals surface area contributed by atoms with Gasteiger partial charge in [-0.05, 0) is 43.3 Å². The second kappa shape index (κ2) is 7.79. The number of piperidine rings is 1. The number of rotatable bonds is 6. The maximum absolute atomic E-state index is 12.2. The van der Waals surface area contributed by atoms with Gasteiger partial charge < -0.3 is 9.80 Å². The number of carbonyl (C=O) groups is 1. The highest BCUT2D eigenvalue weighted by Crippen LogP contribution is 2.20. The summed E-state index contributed by atoms with van der Waals surface area (Å²) < 4.78 is 0. The number of hydrogen-bond donors (Lipinski definition) is 0. The third-order valence-corrected chi connectivity index (χ3v) is 5.16. The Kier molecular flexibility index (Phi) is 6.05. The third-order valence-electron chi connectivity index (χ3n) is 4.28. The zero-order chi connectivity index (χ0) is 14.4. The summed E-state index contributed by atoms with van der Waals surface area (Å²) in [6.07, 6.45) is 2.90. The van der Waals surface area contributed by atoms with E-state index in [1.807, 2.05) is 11.4 Å². The molecule has 2 rings (SSSR count). The van der Waals surface area contributed by atoms with Crippen molar-refractivity contribution in [3.63, 3.8) is 0 Å². The Morgan fingerprint density at radius 3 is 2.60 bits per heavy atom. The minimum atomic E-state index is 0.300. The van der Waals surface area contributed by atoms with Gasteiger partial charge in [0.25, 0.3) is 0 Å².